The zero-order valence-electron chi connectivity index (χ0n) is 51.4. The van der Waals surface area contributed by atoms with Crippen LogP contribution in [-0.4, -0.2) is 166 Å². The fourth-order valence-corrected chi connectivity index (χ4v) is 11.2. The number of hydrogen-bond donors (Lipinski definition) is 7. The van der Waals surface area contributed by atoms with Crippen LogP contribution in [0.25, 0.3) is 0 Å². The number of aliphatic hydroxyl groups excluding tert-OH is 1. The van der Waals surface area contributed by atoms with Crippen LogP contribution in [0.15, 0.2) is 72.8 Å². The van der Waals surface area contributed by atoms with Crippen LogP contribution >= 0.6 is 0 Å². The minimum Gasteiger partial charge on any atom is -0.492 e. The maximum absolute atomic E-state index is 14.8. The molecule has 1 saturated heterocycles. The summed E-state index contributed by atoms with van der Waals surface area (Å²) in [4.78, 5) is 107. The molecule has 2 aliphatic rings. The van der Waals surface area contributed by atoms with E-state index in [0.717, 1.165) is 42.7 Å². The second-order valence-corrected chi connectivity index (χ2v) is 23.0. The van der Waals surface area contributed by atoms with E-state index in [-0.39, 0.29) is 48.2 Å². The van der Waals surface area contributed by atoms with Crippen molar-refractivity contribution in [1.82, 2.24) is 35.4 Å². The Hall–Kier alpha value is -7.37. The van der Waals surface area contributed by atoms with E-state index in [0.29, 0.717) is 48.1 Å². The number of amides is 6. The number of nitrogens with one attached hydrogen (secondary N) is 4. The Morgan fingerprint density at radius 2 is 1.48 bits per heavy atom. The number of allylic oxidation sites excluding steroid dienone is 1. The summed E-state index contributed by atoms with van der Waals surface area (Å²) in [6.07, 6.45) is 6.20. The lowest BCUT2D eigenvalue weighted by Crippen LogP contribution is -2.60. The van der Waals surface area contributed by atoms with Gasteiger partial charge in [0, 0.05) is 53.0 Å². The molecule has 470 valence electrons. The Morgan fingerprint density at radius 1 is 0.788 bits per heavy atom. The molecule has 5 rings (SSSR count). The number of anilines is 1. The number of likely N-dealkylation sites (tertiary alicyclic amines) is 1. The fourth-order valence-electron chi connectivity index (χ4n) is 11.2. The Labute approximate surface area is 500 Å². The quantitative estimate of drug-likeness (QED) is 0.0367. The van der Waals surface area contributed by atoms with Gasteiger partial charge in [0.05, 0.1) is 54.5 Å². The van der Waals surface area contributed by atoms with Gasteiger partial charge in [-0.3, -0.25) is 24.1 Å². The molecule has 7 N–H and O–H groups in total. The molecule has 11 unspecified atom stereocenters. The minimum absolute atomic E-state index is 0.0257. The van der Waals surface area contributed by atoms with Crippen molar-refractivity contribution in [1.29, 1.82) is 0 Å². The highest BCUT2D eigenvalue weighted by Crippen LogP contribution is 2.32. The molecular weight excluding hydrogens is 1100 g/mol. The third kappa shape index (κ3) is 18.8. The number of aromatic nitrogens is 1. The second-order valence-electron chi connectivity index (χ2n) is 23.0. The normalized spacial score (nSPS) is 18.5. The van der Waals surface area contributed by atoms with Crippen LogP contribution < -0.4 is 30.8 Å². The average Bonchev–Trinajstić information content (AvgIpc) is 4.29. The van der Waals surface area contributed by atoms with E-state index >= 15 is 0 Å². The minimum atomic E-state index is -1.12. The summed E-state index contributed by atoms with van der Waals surface area (Å²) in [7, 11) is 6.06. The van der Waals surface area contributed by atoms with E-state index in [1.54, 1.807) is 76.6 Å². The molecule has 3 aromatic rings. The van der Waals surface area contributed by atoms with Crippen molar-refractivity contribution in [3.8, 4) is 17.5 Å². The highest BCUT2D eigenvalue weighted by Gasteiger charge is 2.44. The molecule has 2 heterocycles. The second kappa shape index (κ2) is 32.8. The first-order valence-corrected chi connectivity index (χ1v) is 29.6. The number of benzene rings is 2. The number of methoxy groups -OCH3 is 2. The van der Waals surface area contributed by atoms with Crippen LogP contribution in [0.5, 0.6) is 17.5 Å². The van der Waals surface area contributed by atoms with Crippen molar-refractivity contribution < 1.29 is 72.7 Å². The van der Waals surface area contributed by atoms with Gasteiger partial charge in [0.15, 0.2) is 5.75 Å². The molecule has 0 spiro atoms. The highest BCUT2D eigenvalue weighted by molar-refractivity contribution is 5.92. The molecule has 1 fully saturated rings. The predicted molar refractivity (Wildman–Crippen MR) is 318 cm³/mol. The van der Waals surface area contributed by atoms with E-state index < -0.39 is 115 Å². The van der Waals surface area contributed by atoms with Crippen molar-refractivity contribution in [2.45, 2.75) is 174 Å². The summed E-state index contributed by atoms with van der Waals surface area (Å²) in [6.45, 7) is 14.1. The first-order valence-electron chi connectivity index (χ1n) is 29.6. The van der Waals surface area contributed by atoms with Gasteiger partial charge in [-0.1, -0.05) is 110 Å². The van der Waals surface area contributed by atoms with Gasteiger partial charge in [0.25, 0.3) is 0 Å². The molecule has 23 nitrogen and oxygen atoms in total. The lowest BCUT2D eigenvalue weighted by Gasteiger charge is -2.41. The molecule has 1 aromatic heterocycles. The maximum atomic E-state index is 14.8. The van der Waals surface area contributed by atoms with E-state index in [9.17, 15) is 48.9 Å². The molecule has 2 aromatic carbocycles. The van der Waals surface area contributed by atoms with Crippen molar-refractivity contribution in [2.24, 2.45) is 23.7 Å². The van der Waals surface area contributed by atoms with Crippen LogP contribution in [0.2, 0.25) is 0 Å². The summed E-state index contributed by atoms with van der Waals surface area (Å²) < 4.78 is 24.0. The third-order valence-electron chi connectivity index (χ3n) is 16.2. The van der Waals surface area contributed by atoms with Crippen LogP contribution in [-0.2, 0) is 44.8 Å². The summed E-state index contributed by atoms with van der Waals surface area (Å²) in [6, 6.07) is 11.8. The lowest BCUT2D eigenvalue weighted by atomic mass is 9.89. The Morgan fingerprint density at radius 3 is 2.12 bits per heavy atom. The summed E-state index contributed by atoms with van der Waals surface area (Å²) in [5, 5.41) is 42.5. The summed E-state index contributed by atoms with van der Waals surface area (Å²) in [5.41, 5.74) is 1.20. The number of nitrogens with zero attached hydrogens (tertiary/aromatic N) is 4. The number of likely N-dealkylation sites (N-methyl/N-ethyl adjacent to an activating group) is 2. The van der Waals surface area contributed by atoms with Gasteiger partial charge >= 0.3 is 18.2 Å². The van der Waals surface area contributed by atoms with Gasteiger partial charge in [-0.15, -0.1) is 4.73 Å². The van der Waals surface area contributed by atoms with Gasteiger partial charge < -0.3 is 70.2 Å². The Kier molecular flexibility index (Phi) is 26.4. The first-order chi connectivity index (χ1) is 40.4. The zero-order chi connectivity index (χ0) is 62.7. The standard InChI is InChI=1S/C62H92N8O15/c1-13-39(6)55(48(81-11)34-51(73)69-32-22-27-46(69)57(82-12)40(7)58(76)64-41(8)56(75)43-23-18-17-19-24-43)67(9)60(78)53(37(2)3)66-59(77)54(38(4)5)68(10)62(80)83-36-42-28-29-47(84-61(79)65-44-25-20-15-14-16-21-26-44)45(33-42)63-35-52(74)85-70-49(71)30-31-50(70)72/h15,17-20,23-24,28-31,33,37-41,44,46,48,53-57,63,71-72,75H,13-14,16,21-22,25-27,32,34-36H2,1-12H3,(H,64,76)(H,65,79)(H,66,77). The summed E-state index contributed by atoms with van der Waals surface area (Å²) in [5.74, 6) is -5.31. The van der Waals surface area contributed by atoms with Gasteiger partial charge in [0.1, 0.15) is 25.2 Å². The molecule has 0 radical (unpaired) electrons. The average molecular weight is 1190 g/mol. The topological polar surface area (TPSA) is 289 Å². The predicted octanol–water partition coefficient (Wildman–Crippen LogP) is 6.84. The molecule has 0 saturated carbocycles. The molecule has 23 heteroatoms. The number of ether oxygens (including phenoxy) is 4. The molecule has 0 bridgehead atoms. The van der Waals surface area contributed by atoms with Gasteiger partial charge in [-0.25, -0.2) is 14.4 Å². The van der Waals surface area contributed by atoms with Gasteiger partial charge in [0.2, 0.25) is 35.4 Å². The van der Waals surface area contributed by atoms with E-state index in [4.69, 9.17) is 23.8 Å². The van der Waals surface area contributed by atoms with Crippen molar-refractivity contribution >= 4 is 47.5 Å². The van der Waals surface area contributed by atoms with Crippen LogP contribution in [0.4, 0.5) is 15.3 Å². The van der Waals surface area contributed by atoms with Crippen molar-refractivity contribution in [3.63, 3.8) is 0 Å². The highest BCUT2D eigenvalue weighted by atomic mass is 16.7. The number of hydrogen-bond acceptors (Lipinski definition) is 16. The molecule has 1 aliphatic carbocycles. The molecule has 11 atom stereocenters. The largest absolute Gasteiger partial charge is 0.492 e. The van der Waals surface area contributed by atoms with Gasteiger partial charge in [-0.2, -0.15) is 0 Å². The Balaban J connectivity index is 1.25. The van der Waals surface area contributed by atoms with Crippen LogP contribution in [0.1, 0.15) is 130 Å². The first kappa shape index (κ1) is 68.4. The van der Waals surface area contributed by atoms with Crippen molar-refractivity contribution in [2.75, 3.05) is 46.7 Å². The molecule has 1 aliphatic heterocycles. The molecule has 6 amide bonds. The molecular formula is C62H92N8O15. The lowest BCUT2D eigenvalue weighted by molar-refractivity contribution is -0.148. The zero-order valence-corrected chi connectivity index (χ0v) is 51.4. The number of rotatable bonds is 28. The number of aliphatic hydroxyl groups is 1. The van der Waals surface area contributed by atoms with E-state index in [1.165, 1.54) is 33.4 Å². The maximum Gasteiger partial charge on any atom is 0.412 e. The van der Waals surface area contributed by atoms with Crippen LogP contribution in [0, 0.1) is 23.7 Å². The molecule has 85 heavy (non-hydrogen) atoms. The fraction of sp³-hybridized carbons (Fsp3) is 0.597. The third-order valence-corrected chi connectivity index (χ3v) is 16.2. The van der Waals surface area contributed by atoms with E-state index in [2.05, 4.69) is 27.3 Å². The number of carbonyl (C=O) groups excluding carboxylic acids is 7. The van der Waals surface area contributed by atoms with Crippen molar-refractivity contribution in [3.05, 3.63) is 83.9 Å². The SMILES string of the molecule is CCC(C)C(C(CC(=O)N1CCCC1C(OC)C(C)C(=O)NC(C)C(O)c1ccccc1)OC)N(C)C(=O)C(NC(=O)C(C(C)C)N(C)C(=O)OCc1ccc(OC(=O)NC2CC=CCCCC2)c(NCC(=O)On2c(O)ccc2O)c1)C(C)C. The summed E-state index contributed by atoms with van der Waals surface area (Å²) >= 11 is 0. The van der Waals surface area contributed by atoms with Gasteiger partial charge in [-0.05, 0) is 86.5 Å². The number of carbonyl (C=O) groups is 7. The van der Waals surface area contributed by atoms with E-state index in [1.807, 2.05) is 38.1 Å². The number of aromatic hydroxyl groups is 2. The smallest absolute Gasteiger partial charge is 0.412 e. The monoisotopic (exact) mass is 1190 g/mol. The van der Waals surface area contributed by atoms with Crippen LogP contribution in [0.3, 0.4) is 0 Å². The Bertz CT molecular complexity index is 2700.